The van der Waals surface area contributed by atoms with E-state index in [1.54, 1.807) is 0 Å². The second-order valence-corrected chi connectivity index (χ2v) is 4.94. The largest absolute Gasteiger partial charge is 0.393 e. The summed E-state index contributed by atoms with van der Waals surface area (Å²) in [5, 5.41) is 9.67. The van der Waals surface area contributed by atoms with Gasteiger partial charge in [-0.05, 0) is 32.2 Å². The van der Waals surface area contributed by atoms with E-state index in [2.05, 4.69) is 16.7 Å². The molecule has 0 radical (unpaired) electrons. The van der Waals surface area contributed by atoms with E-state index in [4.69, 9.17) is 0 Å². The maximum absolute atomic E-state index is 9.67. The average Bonchev–Trinajstić information content (AvgIpc) is 2.29. The Morgan fingerprint density at radius 2 is 1.87 bits per heavy atom. The molecule has 1 N–H and O–H groups in total. The number of nitrogens with zero attached hydrogens (tertiary/aromatic N) is 2. The van der Waals surface area contributed by atoms with Gasteiger partial charge >= 0.3 is 0 Å². The smallest absolute Gasteiger partial charge is 0.0555 e. The average molecular weight is 212 g/mol. The highest BCUT2D eigenvalue weighted by molar-refractivity contribution is 4.83. The van der Waals surface area contributed by atoms with Crippen LogP contribution in [-0.4, -0.2) is 59.8 Å². The van der Waals surface area contributed by atoms with Gasteiger partial charge in [0.25, 0.3) is 0 Å². The van der Waals surface area contributed by atoms with Crippen molar-refractivity contribution in [2.24, 2.45) is 0 Å². The highest BCUT2D eigenvalue weighted by Crippen LogP contribution is 2.23. The molecule has 1 saturated heterocycles. The molecular weight excluding hydrogens is 188 g/mol. The predicted molar refractivity (Wildman–Crippen MR) is 61.9 cm³/mol. The molecule has 0 aromatic heterocycles. The summed E-state index contributed by atoms with van der Waals surface area (Å²) in [5.41, 5.74) is 0. The first-order valence-corrected chi connectivity index (χ1v) is 6.44. The minimum atomic E-state index is -0.0343. The second-order valence-electron chi connectivity index (χ2n) is 4.94. The summed E-state index contributed by atoms with van der Waals surface area (Å²) in [7, 11) is 0. The van der Waals surface area contributed by atoms with Gasteiger partial charge in [-0.3, -0.25) is 4.90 Å². The third kappa shape index (κ3) is 2.92. The molecule has 1 saturated carbocycles. The first-order valence-electron chi connectivity index (χ1n) is 6.44. The monoisotopic (exact) mass is 212 g/mol. The van der Waals surface area contributed by atoms with Crippen LogP contribution >= 0.6 is 0 Å². The van der Waals surface area contributed by atoms with Crippen molar-refractivity contribution < 1.29 is 5.11 Å². The lowest BCUT2D eigenvalue weighted by Crippen LogP contribution is -2.51. The van der Waals surface area contributed by atoms with E-state index >= 15 is 0 Å². The van der Waals surface area contributed by atoms with Gasteiger partial charge < -0.3 is 10.0 Å². The summed E-state index contributed by atoms with van der Waals surface area (Å²) in [6.45, 7) is 8.24. The molecule has 0 aromatic rings. The SMILES string of the molecule is CCN1CCN(C2CCCC(O)C2)CC1. The Labute approximate surface area is 93.1 Å². The van der Waals surface area contributed by atoms with Crippen molar-refractivity contribution in [2.75, 3.05) is 32.7 Å². The van der Waals surface area contributed by atoms with Crippen molar-refractivity contribution in [3.05, 3.63) is 0 Å². The molecule has 15 heavy (non-hydrogen) atoms. The van der Waals surface area contributed by atoms with Crippen LogP contribution < -0.4 is 0 Å². The third-order valence-corrected chi connectivity index (χ3v) is 3.99. The van der Waals surface area contributed by atoms with E-state index in [-0.39, 0.29) is 6.10 Å². The van der Waals surface area contributed by atoms with Crippen LogP contribution in [0.4, 0.5) is 0 Å². The molecule has 1 heterocycles. The van der Waals surface area contributed by atoms with Crippen LogP contribution in [0, 0.1) is 0 Å². The maximum Gasteiger partial charge on any atom is 0.0555 e. The Balaban J connectivity index is 1.79. The van der Waals surface area contributed by atoms with Gasteiger partial charge in [0, 0.05) is 32.2 Å². The van der Waals surface area contributed by atoms with E-state index in [1.807, 2.05) is 0 Å². The van der Waals surface area contributed by atoms with E-state index < -0.39 is 0 Å². The maximum atomic E-state index is 9.67. The lowest BCUT2D eigenvalue weighted by Gasteiger charge is -2.41. The molecule has 2 fully saturated rings. The Morgan fingerprint density at radius 1 is 1.13 bits per heavy atom. The standard InChI is InChI=1S/C12H24N2O/c1-2-13-6-8-14(9-7-13)11-4-3-5-12(15)10-11/h11-12,15H,2-10H2,1H3. The topological polar surface area (TPSA) is 26.7 Å². The van der Waals surface area contributed by atoms with Gasteiger partial charge in [-0.15, -0.1) is 0 Å². The number of piperazine rings is 1. The van der Waals surface area contributed by atoms with Crippen molar-refractivity contribution in [3.8, 4) is 0 Å². The van der Waals surface area contributed by atoms with Crippen LogP contribution in [0.2, 0.25) is 0 Å². The zero-order valence-electron chi connectivity index (χ0n) is 9.86. The van der Waals surface area contributed by atoms with Gasteiger partial charge in [0.2, 0.25) is 0 Å². The predicted octanol–water partition coefficient (Wildman–Crippen LogP) is 0.927. The van der Waals surface area contributed by atoms with Crippen LogP contribution in [0.5, 0.6) is 0 Å². The van der Waals surface area contributed by atoms with Gasteiger partial charge in [0.1, 0.15) is 0 Å². The van der Waals surface area contributed by atoms with Crippen LogP contribution in [0.1, 0.15) is 32.6 Å². The number of aliphatic hydroxyl groups excluding tert-OH is 1. The fourth-order valence-electron chi connectivity index (χ4n) is 2.92. The molecule has 2 aliphatic rings. The molecule has 0 bridgehead atoms. The molecule has 0 spiro atoms. The van der Waals surface area contributed by atoms with Crippen molar-refractivity contribution in [1.29, 1.82) is 0 Å². The Kier molecular flexibility index (Phi) is 4.00. The molecule has 2 rings (SSSR count). The van der Waals surface area contributed by atoms with Gasteiger partial charge in [0.15, 0.2) is 0 Å². The Bertz CT molecular complexity index is 190. The first kappa shape index (κ1) is 11.4. The number of rotatable bonds is 2. The Morgan fingerprint density at radius 3 is 2.47 bits per heavy atom. The van der Waals surface area contributed by atoms with Gasteiger partial charge in [0.05, 0.1) is 6.10 Å². The quantitative estimate of drug-likeness (QED) is 0.737. The summed E-state index contributed by atoms with van der Waals surface area (Å²) in [4.78, 5) is 5.10. The molecular formula is C12H24N2O. The van der Waals surface area contributed by atoms with E-state index in [1.165, 1.54) is 45.6 Å². The van der Waals surface area contributed by atoms with Gasteiger partial charge in [-0.25, -0.2) is 0 Å². The first-order chi connectivity index (χ1) is 7.29. The summed E-state index contributed by atoms with van der Waals surface area (Å²) >= 11 is 0. The minimum Gasteiger partial charge on any atom is -0.393 e. The van der Waals surface area contributed by atoms with Crippen molar-refractivity contribution in [2.45, 2.75) is 44.8 Å². The number of hydrogen-bond acceptors (Lipinski definition) is 3. The minimum absolute atomic E-state index is 0.0343. The van der Waals surface area contributed by atoms with E-state index in [0.717, 1.165) is 12.8 Å². The van der Waals surface area contributed by atoms with Gasteiger partial charge in [-0.1, -0.05) is 6.92 Å². The summed E-state index contributed by atoms with van der Waals surface area (Å²) < 4.78 is 0. The molecule has 3 heteroatoms. The number of hydrogen-bond donors (Lipinski definition) is 1. The van der Waals surface area contributed by atoms with Crippen molar-refractivity contribution >= 4 is 0 Å². The molecule has 3 nitrogen and oxygen atoms in total. The summed E-state index contributed by atoms with van der Waals surface area (Å²) in [5.74, 6) is 0. The van der Waals surface area contributed by atoms with Crippen LogP contribution in [0.15, 0.2) is 0 Å². The zero-order chi connectivity index (χ0) is 10.7. The molecule has 88 valence electrons. The van der Waals surface area contributed by atoms with Gasteiger partial charge in [-0.2, -0.15) is 0 Å². The normalized spacial score (nSPS) is 35.6. The number of aliphatic hydroxyl groups is 1. The van der Waals surface area contributed by atoms with Crippen LogP contribution in [0.3, 0.4) is 0 Å². The number of likely N-dealkylation sites (N-methyl/N-ethyl adjacent to an activating group) is 1. The molecule has 0 amide bonds. The highest BCUT2D eigenvalue weighted by atomic mass is 16.3. The molecule has 0 aromatic carbocycles. The lowest BCUT2D eigenvalue weighted by atomic mass is 9.91. The molecule has 1 aliphatic heterocycles. The van der Waals surface area contributed by atoms with Crippen molar-refractivity contribution in [1.82, 2.24) is 9.80 Å². The molecule has 1 aliphatic carbocycles. The van der Waals surface area contributed by atoms with Crippen LogP contribution in [0.25, 0.3) is 0 Å². The van der Waals surface area contributed by atoms with E-state index in [9.17, 15) is 5.11 Å². The lowest BCUT2D eigenvalue weighted by molar-refractivity contribution is 0.0350. The molecule has 2 unspecified atom stereocenters. The zero-order valence-corrected chi connectivity index (χ0v) is 9.86. The Hall–Kier alpha value is -0.120. The molecule has 2 atom stereocenters. The summed E-state index contributed by atoms with van der Waals surface area (Å²) in [6, 6.07) is 0.660. The van der Waals surface area contributed by atoms with E-state index in [0.29, 0.717) is 6.04 Å². The fraction of sp³-hybridized carbons (Fsp3) is 1.00. The fourth-order valence-corrected chi connectivity index (χ4v) is 2.92. The third-order valence-electron chi connectivity index (χ3n) is 3.99. The van der Waals surface area contributed by atoms with Crippen LogP contribution in [-0.2, 0) is 0 Å². The summed E-state index contributed by atoms with van der Waals surface area (Å²) in [6.07, 6.45) is 4.49. The van der Waals surface area contributed by atoms with Crippen molar-refractivity contribution in [3.63, 3.8) is 0 Å². The highest BCUT2D eigenvalue weighted by Gasteiger charge is 2.27. The second kappa shape index (κ2) is 5.28.